The SMILES string of the molecule is CN(CCNc1ccn2ncc(-c3cccnc3CC3CC3)c2n1)C(=O)OC(C)(C)C. The highest BCUT2D eigenvalue weighted by Gasteiger charge is 2.24. The molecule has 0 aromatic carbocycles. The predicted molar refractivity (Wildman–Crippen MR) is 120 cm³/mol. The number of hydrogen-bond acceptors (Lipinski definition) is 6. The molecule has 3 heterocycles. The second kappa shape index (κ2) is 8.53. The average molecular weight is 423 g/mol. The zero-order chi connectivity index (χ0) is 22.0. The molecule has 31 heavy (non-hydrogen) atoms. The van der Waals surface area contributed by atoms with Crippen molar-refractivity contribution in [2.24, 2.45) is 5.92 Å². The molecule has 4 rings (SSSR count). The largest absolute Gasteiger partial charge is 0.444 e. The Morgan fingerprint density at radius 1 is 1.29 bits per heavy atom. The molecule has 0 bridgehead atoms. The number of rotatable bonds is 7. The van der Waals surface area contributed by atoms with Crippen LogP contribution in [0.2, 0.25) is 0 Å². The van der Waals surface area contributed by atoms with Gasteiger partial charge in [-0.1, -0.05) is 6.07 Å². The van der Waals surface area contributed by atoms with Crippen molar-refractivity contribution in [3.8, 4) is 11.1 Å². The Morgan fingerprint density at radius 3 is 2.84 bits per heavy atom. The summed E-state index contributed by atoms with van der Waals surface area (Å²) in [6.45, 7) is 6.64. The normalized spacial score (nSPS) is 13.9. The van der Waals surface area contributed by atoms with Crippen LogP contribution in [0.3, 0.4) is 0 Å². The van der Waals surface area contributed by atoms with Gasteiger partial charge in [0, 0.05) is 49.4 Å². The molecule has 1 saturated carbocycles. The average Bonchev–Trinajstić information content (AvgIpc) is 3.43. The van der Waals surface area contributed by atoms with Crippen molar-refractivity contribution >= 4 is 17.6 Å². The van der Waals surface area contributed by atoms with E-state index in [9.17, 15) is 4.79 Å². The third-order valence-electron chi connectivity index (χ3n) is 5.19. The molecule has 8 nitrogen and oxygen atoms in total. The fraction of sp³-hybridized carbons (Fsp3) is 0.478. The van der Waals surface area contributed by atoms with E-state index in [1.54, 1.807) is 16.5 Å². The van der Waals surface area contributed by atoms with E-state index < -0.39 is 5.60 Å². The monoisotopic (exact) mass is 422 g/mol. The van der Waals surface area contributed by atoms with Gasteiger partial charge in [-0.25, -0.2) is 14.3 Å². The number of fused-ring (bicyclic) bond motifs is 1. The van der Waals surface area contributed by atoms with Crippen LogP contribution in [0.1, 0.15) is 39.3 Å². The summed E-state index contributed by atoms with van der Waals surface area (Å²) in [7, 11) is 1.73. The van der Waals surface area contributed by atoms with Crippen molar-refractivity contribution < 1.29 is 9.53 Å². The molecule has 0 spiro atoms. The smallest absolute Gasteiger partial charge is 0.410 e. The number of ether oxygens (including phenoxy) is 1. The van der Waals surface area contributed by atoms with Gasteiger partial charge in [-0.2, -0.15) is 5.10 Å². The fourth-order valence-electron chi connectivity index (χ4n) is 3.38. The van der Waals surface area contributed by atoms with Gasteiger partial charge in [-0.15, -0.1) is 0 Å². The van der Waals surface area contributed by atoms with Gasteiger partial charge in [0.15, 0.2) is 5.65 Å². The van der Waals surface area contributed by atoms with E-state index in [1.165, 1.54) is 12.8 Å². The van der Waals surface area contributed by atoms with Crippen LogP contribution in [0.25, 0.3) is 16.8 Å². The molecule has 1 N–H and O–H groups in total. The number of aromatic nitrogens is 4. The zero-order valence-electron chi connectivity index (χ0n) is 18.6. The number of pyridine rings is 1. The van der Waals surface area contributed by atoms with Gasteiger partial charge in [0.2, 0.25) is 0 Å². The van der Waals surface area contributed by atoms with Crippen molar-refractivity contribution in [2.75, 3.05) is 25.5 Å². The Kier molecular flexibility index (Phi) is 5.80. The second-order valence-electron chi connectivity index (χ2n) is 9.11. The summed E-state index contributed by atoms with van der Waals surface area (Å²) in [4.78, 5) is 23.1. The fourth-order valence-corrected chi connectivity index (χ4v) is 3.38. The summed E-state index contributed by atoms with van der Waals surface area (Å²) in [5, 5.41) is 7.76. The first-order chi connectivity index (χ1) is 14.8. The summed E-state index contributed by atoms with van der Waals surface area (Å²) in [6.07, 6.45) is 8.84. The summed E-state index contributed by atoms with van der Waals surface area (Å²) >= 11 is 0. The topological polar surface area (TPSA) is 84.7 Å². The first-order valence-electron chi connectivity index (χ1n) is 10.8. The first kappa shape index (κ1) is 21.1. The van der Waals surface area contributed by atoms with Crippen molar-refractivity contribution in [3.63, 3.8) is 0 Å². The molecule has 8 heteroatoms. The highest BCUT2D eigenvalue weighted by atomic mass is 16.6. The van der Waals surface area contributed by atoms with Crippen LogP contribution in [0.15, 0.2) is 36.8 Å². The van der Waals surface area contributed by atoms with Crippen LogP contribution in [0.5, 0.6) is 0 Å². The minimum Gasteiger partial charge on any atom is -0.444 e. The number of likely N-dealkylation sites (N-methyl/N-ethyl adjacent to an activating group) is 1. The van der Waals surface area contributed by atoms with Crippen molar-refractivity contribution in [1.29, 1.82) is 0 Å². The molecule has 0 atom stereocenters. The molecule has 0 saturated heterocycles. The first-order valence-corrected chi connectivity index (χ1v) is 10.8. The lowest BCUT2D eigenvalue weighted by molar-refractivity contribution is 0.0305. The molecule has 0 unspecified atom stereocenters. The zero-order valence-corrected chi connectivity index (χ0v) is 18.6. The molecule has 3 aromatic rings. The standard InChI is InChI=1S/C23H30N6O2/c1-23(2,3)31-22(30)28(4)13-11-25-20-9-12-29-21(27-20)18(15-26-29)17-6-5-10-24-19(17)14-16-7-8-16/h5-6,9-10,12,15-16H,7-8,11,13-14H2,1-4H3,(H,25,27). The van der Waals surface area contributed by atoms with Gasteiger partial charge in [-0.05, 0) is 58.1 Å². The highest BCUT2D eigenvalue weighted by molar-refractivity contribution is 5.79. The second-order valence-corrected chi connectivity index (χ2v) is 9.11. The summed E-state index contributed by atoms with van der Waals surface area (Å²) < 4.78 is 7.16. The van der Waals surface area contributed by atoms with Gasteiger partial charge in [0.1, 0.15) is 11.4 Å². The van der Waals surface area contributed by atoms with E-state index in [1.807, 2.05) is 51.5 Å². The van der Waals surface area contributed by atoms with Crippen molar-refractivity contribution in [1.82, 2.24) is 24.5 Å². The van der Waals surface area contributed by atoms with E-state index in [0.29, 0.717) is 13.1 Å². The number of nitrogens with zero attached hydrogens (tertiary/aromatic N) is 5. The van der Waals surface area contributed by atoms with Crippen LogP contribution >= 0.6 is 0 Å². The number of amides is 1. The Hall–Kier alpha value is -3.16. The Labute approximate surface area is 182 Å². The van der Waals surface area contributed by atoms with Gasteiger partial charge in [0.05, 0.1) is 6.20 Å². The van der Waals surface area contributed by atoms with E-state index in [-0.39, 0.29) is 6.09 Å². The van der Waals surface area contributed by atoms with Gasteiger partial charge in [-0.3, -0.25) is 4.98 Å². The van der Waals surface area contributed by atoms with Crippen LogP contribution in [0.4, 0.5) is 10.6 Å². The van der Waals surface area contributed by atoms with Crippen LogP contribution in [-0.2, 0) is 11.2 Å². The van der Waals surface area contributed by atoms with E-state index in [0.717, 1.165) is 40.6 Å². The minimum absolute atomic E-state index is 0.337. The summed E-state index contributed by atoms with van der Waals surface area (Å²) in [5.41, 5.74) is 3.47. The predicted octanol–water partition coefficient (Wildman–Crippen LogP) is 4.02. The maximum absolute atomic E-state index is 12.1. The molecule has 1 aliphatic rings. The lowest BCUT2D eigenvalue weighted by Gasteiger charge is -2.24. The molecule has 1 amide bonds. The number of hydrogen-bond donors (Lipinski definition) is 1. The van der Waals surface area contributed by atoms with Gasteiger partial charge < -0.3 is 15.0 Å². The van der Waals surface area contributed by atoms with Crippen LogP contribution < -0.4 is 5.32 Å². The third kappa shape index (κ3) is 5.31. The minimum atomic E-state index is -0.506. The Balaban J connectivity index is 1.46. The molecule has 3 aromatic heterocycles. The van der Waals surface area contributed by atoms with E-state index >= 15 is 0 Å². The maximum atomic E-state index is 12.1. The van der Waals surface area contributed by atoms with Gasteiger partial charge in [0.25, 0.3) is 0 Å². The maximum Gasteiger partial charge on any atom is 0.410 e. The van der Waals surface area contributed by atoms with E-state index in [4.69, 9.17) is 9.72 Å². The lowest BCUT2D eigenvalue weighted by Crippen LogP contribution is -2.36. The quantitative estimate of drug-likeness (QED) is 0.619. The molecule has 1 aliphatic carbocycles. The van der Waals surface area contributed by atoms with E-state index in [2.05, 4.69) is 21.5 Å². The van der Waals surface area contributed by atoms with Crippen molar-refractivity contribution in [3.05, 3.63) is 42.5 Å². The summed E-state index contributed by atoms with van der Waals surface area (Å²) in [6, 6.07) is 5.94. The number of carbonyl (C=O) groups excluding carboxylic acids is 1. The molecule has 0 aliphatic heterocycles. The van der Waals surface area contributed by atoms with Crippen LogP contribution in [-0.4, -0.2) is 56.3 Å². The van der Waals surface area contributed by atoms with Crippen molar-refractivity contribution in [2.45, 2.75) is 45.6 Å². The highest BCUT2D eigenvalue weighted by Crippen LogP contribution is 2.35. The summed E-state index contributed by atoms with van der Waals surface area (Å²) in [5.74, 6) is 1.49. The van der Waals surface area contributed by atoms with Gasteiger partial charge >= 0.3 is 6.09 Å². The number of nitrogens with one attached hydrogen (secondary N) is 1. The lowest BCUT2D eigenvalue weighted by atomic mass is 10.0. The third-order valence-corrected chi connectivity index (χ3v) is 5.19. The Bertz CT molecular complexity index is 1070. The van der Waals surface area contributed by atoms with Crippen LogP contribution in [0, 0.1) is 5.92 Å². The number of carbonyl (C=O) groups is 1. The number of anilines is 1. The Morgan fingerprint density at radius 2 is 2.10 bits per heavy atom. The molecular formula is C23H30N6O2. The molecule has 0 radical (unpaired) electrons. The molecule has 164 valence electrons. The molecule has 1 fully saturated rings. The molecular weight excluding hydrogens is 392 g/mol.